The first-order valence-corrected chi connectivity index (χ1v) is 28.3. The Labute approximate surface area is 385 Å². The predicted molar refractivity (Wildman–Crippen MR) is 273 cm³/mol. The Morgan fingerprint density at radius 3 is 1.00 bits per heavy atom. The quantitative estimate of drug-likeness (QED) is 0.0348. The van der Waals surface area contributed by atoms with Gasteiger partial charge in [-0.1, -0.05) is 262 Å². The van der Waals surface area contributed by atoms with Crippen LogP contribution >= 0.6 is 0 Å². The van der Waals surface area contributed by atoms with Crippen molar-refractivity contribution >= 4 is 5.84 Å². The Bertz CT molecular complexity index is 998. The van der Waals surface area contributed by atoms with E-state index in [4.69, 9.17) is 9.73 Å². The molecule has 364 valence electrons. The number of amidine groups is 1. The third kappa shape index (κ3) is 17.7. The molecular formula is C57H114N2O2. The average Bonchev–Trinajstić information content (AvgIpc) is 3.51. The smallest absolute Gasteiger partial charge is 0.204 e. The fourth-order valence-electron chi connectivity index (χ4n) is 12.7. The number of hydrogen-bond donors (Lipinski definition) is 0. The highest BCUT2D eigenvalue weighted by atomic mass is 16.6. The molecular weight excluding hydrogens is 745 g/mol. The van der Waals surface area contributed by atoms with Gasteiger partial charge in [0, 0.05) is 18.8 Å². The number of rotatable bonds is 43. The summed E-state index contributed by atoms with van der Waals surface area (Å²) in [5.74, 6) is 2.30. The van der Waals surface area contributed by atoms with E-state index in [-0.39, 0.29) is 22.4 Å². The monoisotopic (exact) mass is 859 g/mol. The molecule has 4 heteroatoms. The van der Waals surface area contributed by atoms with Gasteiger partial charge >= 0.3 is 0 Å². The van der Waals surface area contributed by atoms with Crippen LogP contribution in [-0.2, 0) is 4.74 Å². The van der Waals surface area contributed by atoms with Gasteiger partial charge in [-0.3, -0.25) is 4.65 Å². The van der Waals surface area contributed by atoms with Gasteiger partial charge in [-0.15, -0.1) is 0 Å². The van der Waals surface area contributed by atoms with Crippen molar-refractivity contribution in [2.24, 2.45) is 34.6 Å². The van der Waals surface area contributed by atoms with Gasteiger partial charge in [0.1, 0.15) is 11.1 Å². The summed E-state index contributed by atoms with van der Waals surface area (Å²) >= 11 is 0. The Morgan fingerprint density at radius 1 is 0.410 bits per heavy atom. The van der Waals surface area contributed by atoms with Crippen LogP contribution in [0.25, 0.3) is 0 Å². The Kier molecular flexibility index (Phi) is 33.4. The van der Waals surface area contributed by atoms with Crippen molar-refractivity contribution in [3.8, 4) is 0 Å². The van der Waals surface area contributed by atoms with Crippen molar-refractivity contribution < 1.29 is 9.38 Å². The molecule has 0 saturated carbocycles. The second kappa shape index (κ2) is 34.8. The molecule has 61 heavy (non-hydrogen) atoms. The van der Waals surface area contributed by atoms with E-state index in [1.165, 1.54) is 205 Å². The molecule has 0 N–H and O–H groups in total. The number of unbranched alkanes of at least 4 members (excludes halogenated alkanes) is 25. The maximum Gasteiger partial charge on any atom is 0.204 e. The van der Waals surface area contributed by atoms with E-state index in [0.29, 0.717) is 18.4 Å². The van der Waals surface area contributed by atoms with Crippen LogP contribution in [0.2, 0.25) is 0 Å². The fourth-order valence-corrected chi connectivity index (χ4v) is 12.7. The van der Waals surface area contributed by atoms with Gasteiger partial charge in [0.15, 0.2) is 6.23 Å². The molecule has 0 aromatic carbocycles. The molecule has 7 atom stereocenters. The van der Waals surface area contributed by atoms with Gasteiger partial charge in [0.05, 0.1) is 12.5 Å². The summed E-state index contributed by atoms with van der Waals surface area (Å²) in [6, 6.07) is 0. The first-order chi connectivity index (χ1) is 29.5. The van der Waals surface area contributed by atoms with Crippen LogP contribution in [0, 0.1) is 34.8 Å². The number of ether oxygens (including phenoxy) is 1. The van der Waals surface area contributed by atoms with Gasteiger partial charge in [0.2, 0.25) is 5.84 Å². The van der Waals surface area contributed by atoms with Gasteiger partial charge in [0.25, 0.3) is 0 Å². The van der Waals surface area contributed by atoms with Gasteiger partial charge in [-0.25, -0.2) is 4.99 Å². The SMILES string of the molecule is CCCCCCCCC(C)C1=NC(C(C)CCCCCCCC)(C(C)CCCCCCCC)C(C(C)CCCCCCCC)(C(C)CCCCCCCC)[N+]1([O-])C(C)OCC. The first kappa shape index (κ1) is 58.6. The lowest BCUT2D eigenvalue weighted by Gasteiger charge is -2.66. The van der Waals surface area contributed by atoms with Crippen LogP contribution in [0.1, 0.15) is 308 Å². The predicted octanol–water partition coefficient (Wildman–Crippen LogP) is 19.5. The number of quaternary nitrogens is 1. The fraction of sp³-hybridized carbons (Fsp3) is 0.982. The van der Waals surface area contributed by atoms with E-state index >= 15 is 5.21 Å². The molecule has 0 bridgehead atoms. The summed E-state index contributed by atoms with van der Waals surface area (Å²) in [6.07, 6.45) is 44.2. The van der Waals surface area contributed by atoms with Crippen LogP contribution in [0.15, 0.2) is 4.99 Å². The number of hydrogen-bond acceptors (Lipinski definition) is 3. The van der Waals surface area contributed by atoms with E-state index in [1.807, 2.05) is 0 Å². The molecule has 0 aromatic rings. The highest BCUT2D eigenvalue weighted by Crippen LogP contribution is 2.63. The van der Waals surface area contributed by atoms with Crippen molar-refractivity contribution in [2.75, 3.05) is 6.61 Å². The Hall–Kier alpha value is -0.450. The van der Waals surface area contributed by atoms with Crippen molar-refractivity contribution in [3.05, 3.63) is 5.21 Å². The van der Waals surface area contributed by atoms with E-state index < -0.39 is 17.3 Å². The Morgan fingerprint density at radius 2 is 0.689 bits per heavy atom. The van der Waals surface area contributed by atoms with E-state index in [0.717, 1.165) is 25.1 Å². The lowest BCUT2D eigenvalue weighted by Crippen LogP contribution is -2.79. The molecule has 0 amide bonds. The summed E-state index contributed by atoms with van der Waals surface area (Å²) in [4.78, 5) is 6.39. The highest BCUT2D eigenvalue weighted by molar-refractivity contribution is 5.82. The van der Waals surface area contributed by atoms with Crippen LogP contribution < -0.4 is 0 Å². The molecule has 0 fully saturated rings. The molecule has 1 aliphatic rings. The lowest BCUT2D eigenvalue weighted by atomic mass is 9.51. The molecule has 1 rings (SSSR count). The summed E-state index contributed by atoms with van der Waals surface area (Å²) in [7, 11) is 0. The summed E-state index contributed by atoms with van der Waals surface area (Å²) in [6.45, 7) is 29.2. The van der Waals surface area contributed by atoms with E-state index in [2.05, 4.69) is 83.1 Å². The van der Waals surface area contributed by atoms with E-state index in [9.17, 15) is 0 Å². The molecule has 1 aliphatic heterocycles. The molecule has 7 unspecified atom stereocenters. The molecule has 1 heterocycles. The Balaban J connectivity index is 4.17. The van der Waals surface area contributed by atoms with Crippen molar-refractivity contribution in [1.29, 1.82) is 0 Å². The van der Waals surface area contributed by atoms with Crippen molar-refractivity contribution in [3.63, 3.8) is 0 Å². The lowest BCUT2D eigenvalue weighted by molar-refractivity contribution is -0.906. The minimum Gasteiger partial charge on any atom is -0.624 e. The van der Waals surface area contributed by atoms with Crippen LogP contribution in [0.4, 0.5) is 0 Å². The molecule has 0 aromatic heterocycles. The summed E-state index contributed by atoms with van der Waals surface area (Å²) in [5.41, 5.74) is -1.01. The normalized spacial score (nSPS) is 23.5. The van der Waals surface area contributed by atoms with Crippen LogP contribution in [0.5, 0.6) is 0 Å². The van der Waals surface area contributed by atoms with Gasteiger partial charge in [-0.2, -0.15) is 0 Å². The third-order valence-electron chi connectivity index (χ3n) is 16.2. The zero-order valence-electron chi connectivity index (χ0n) is 44.1. The first-order valence-electron chi connectivity index (χ1n) is 28.3. The minimum atomic E-state index is -0.581. The zero-order chi connectivity index (χ0) is 45.4. The second-order valence-electron chi connectivity index (χ2n) is 21.1. The van der Waals surface area contributed by atoms with Gasteiger partial charge < -0.3 is 9.94 Å². The van der Waals surface area contributed by atoms with E-state index in [1.54, 1.807) is 0 Å². The number of aliphatic imine (C=N–C) groups is 1. The molecule has 0 saturated heterocycles. The second-order valence-corrected chi connectivity index (χ2v) is 21.1. The maximum absolute atomic E-state index is 17.6. The highest BCUT2D eigenvalue weighted by Gasteiger charge is 2.76. The topological polar surface area (TPSA) is 44.7 Å². The van der Waals surface area contributed by atoms with Crippen LogP contribution in [-0.4, -0.2) is 34.4 Å². The molecule has 0 aliphatic carbocycles. The minimum absolute atomic E-state index is 0.151. The van der Waals surface area contributed by atoms with Crippen LogP contribution in [0.3, 0.4) is 0 Å². The maximum atomic E-state index is 17.6. The largest absolute Gasteiger partial charge is 0.624 e. The summed E-state index contributed by atoms with van der Waals surface area (Å²) < 4.78 is 6.45. The summed E-state index contributed by atoms with van der Waals surface area (Å²) in [5, 5.41) is 17.6. The van der Waals surface area contributed by atoms with Crippen molar-refractivity contribution in [1.82, 2.24) is 0 Å². The van der Waals surface area contributed by atoms with Crippen molar-refractivity contribution in [2.45, 2.75) is 325 Å². The number of nitrogens with zero attached hydrogens (tertiary/aromatic N) is 2. The average molecular weight is 860 g/mol. The molecule has 0 spiro atoms. The molecule has 4 nitrogen and oxygen atoms in total. The standard InChI is InChI=1S/C57H114N2O2/c1-13-19-24-29-34-39-44-49(7)55-58-56(50(8)45-40-35-30-25-20-14-2,51(9)46-41-36-31-26-21-15-3)57(59(55,60)54(12)61-18-6,52(10)47-42-37-32-27-22-16-4)53(11)48-43-38-33-28-23-17-5/h49-54H,13-48H2,1-12H3. The van der Waals surface area contributed by atoms with Gasteiger partial charge in [-0.05, 0) is 50.9 Å². The zero-order valence-corrected chi connectivity index (χ0v) is 44.1. The molecule has 0 radical (unpaired) electrons. The third-order valence-corrected chi connectivity index (χ3v) is 16.2. The number of hydroxylamine groups is 3.